The van der Waals surface area contributed by atoms with Crippen molar-refractivity contribution in [3.8, 4) is 5.75 Å². The second kappa shape index (κ2) is 5.03. The SMILES string of the molecule is Fc1ccc(Cl)cc1C(Cl)c1ccc2c(c1)CCO2. The summed E-state index contributed by atoms with van der Waals surface area (Å²) in [5, 5.41) is -0.0730. The molecule has 0 N–H and O–H groups in total. The monoisotopic (exact) mass is 296 g/mol. The first kappa shape index (κ1) is 12.8. The minimum Gasteiger partial charge on any atom is -0.493 e. The van der Waals surface area contributed by atoms with Gasteiger partial charge < -0.3 is 4.74 Å². The van der Waals surface area contributed by atoms with Crippen LogP contribution in [0.15, 0.2) is 36.4 Å². The zero-order valence-corrected chi connectivity index (χ0v) is 11.5. The van der Waals surface area contributed by atoms with E-state index in [0.29, 0.717) is 17.2 Å². The molecule has 1 aliphatic rings. The highest BCUT2D eigenvalue weighted by molar-refractivity contribution is 6.30. The molecular weight excluding hydrogens is 286 g/mol. The zero-order chi connectivity index (χ0) is 13.4. The zero-order valence-electron chi connectivity index (χ0n) is 10.00. The van der Waals surface area contributed by atoms with Crippen LogP contribution in [0.5, 0.6) is 5.75 Å². The van der Waals surface area contributed by atoms with Crippen LogP contribution >= 0.6 is 23.2 Å². The van der Waals surface area contributed by atoms with Crippen LogP contribution in [0, 0.1) is 5.82 Å². The second-order valence-electron chi connectivity index (χ2n) is 4.49. The first-order chi connectivity index (χ1) is 9.15. The fourth-order valence-corrected chi connectivity index (χ4v) is 2.74. The molecule has 0 aliphatic carbocycles. The Kier molecular flexibility index (Phi) is 3.38. The number of fused-ring (bicyclic) bond motifs is 1. The molecule has 1 nitrogen and oxygen atoms in total. The summed E-state index contributed by atoms with van der Waals surface area (Å²) in [7, 11) is 0. The maximum atomic E-state index is 13.8. The van der Waals surface area contributed by atoms with E-state index in [0.717, 1.165) is 23.3 Å². The summed E-state index contributed by atoms with van der Waals surface area (Å²) in [5.41, 5.74) is 2.37. The summed E-state index contributed by atoms with van der Waals surface area (Å²) >= 11 is 12.3. The number of hydrogen-bond donors (Lipinski definition) is 0. The molecule has 0 fully saturated rings. The molecule has 4 heteroatoms. The molecule has 0 aromatic heterocycles. The van der Waals surface area contributed by atoms with Crippen LogP contribution in [0.4, 0.5) is 4.39 Å². The van der Waals surface area contributed by atoms with Crippen LogP contribution in [-0.2, 0) is 6.42 Å². The molecule has 0 radical (unpaired) electrons. The largest absolute Gasteiger partial charge is 0.493 e. The fourth-order valence-electron chi connectivity index (χ4n) is 2.25. The summed E-state index contributed by atoms with van der Waals surface area (Å²) < 4.78 is 19.3. The number of halogens is 3. The molecule has 19 heavy (non-hydrogen) atoms. The van der Waals surface area contributed by atoms with Crippen molar-refractivity contribution in [2.24, 2.45) is 0 Å². The van der Waals surface area contributed by atoms with Crippen molar-refractivity contribution in [2.75, 3.05) is 6.61 Å². The molecule has 98 valence electrons. The Morgan fingerprint density at radius 2 is 2.00 bits per heavy atom. The third-order valence-corrected chi connectivity index (χ3v) is 3.96. The molecule has 1 heterocycles. The summed E-state index contributed by atoms with van der Waals surface area (Å²) in [6.07, 6.45) is 0.866. The van der Waals surface area contributed by atoms with E-state index in [-0.39, 0.29) is 5.82 Å². The molecule has 3 rings (SSSR count). The first-order valence-electron chi connectivity index (χ1n) is 6.00. The van der Waals surface area contributed by atoms with E-state index in [1.54, 1.807) is 6.07 Å². The highest BCUT2D eigenvalue weighted by atomic mass is 35.5. The van der Waals surface area contributed by atoms with Crippen LogP contribution in [0.1, 0.15) is 22.1 Å². The van der Waals surface area contributed by atoms with Gasteiger partial charge in [0.2, 0.25) is 0 Å². The molecule has 1 aliphatic heterocycles. The molecule has 0 saturated carbocycles. The number of hydrogen-bond acceptors (Lipinski definition) is 1. The van der Waals surface area contributed by atoms with Crippen molar-refractivity contribution >= 4 is 23.2 Å². The van der Waals surface area contributed by atoms with E-state index >= 15 is 0 Å². The van der Waals surface area contributed by atoms with Gasteiger partial charge in [-0.1, -0.05) is 23.7 Å². The Morgan fingerprint density at radius 1 is 1.16 bits per heavy atom. The molecule has 2 aromatic carbocycles. The summed E-state index contributed by atoms with van der Waals surface area (Å²) in [4.78, 5) is 0. The lowest BCUT2D eigenvalue weighted by Gasteiger charge is -2.13. The molecule has 2 aromatic rings. The van der Waals surface area contributed by atoms with E-state index in [9.17, 15) is 4.39 Å². The summed E-state index contributed by atoms with van der Waals surface area (Å²) in [6.45, 7) is 0.692. The molecular formula is C15H11Cl2FO. The smallest absolute Gasteiger partial charge is 0.128 e. The Hall–Kier alpha value is -1.25. The number of ether oxygens (including phenoxy) is 1. The molecule has 0 saturated heterocycles. The van der Waals surface area contributed by atoms with Gasteiger partial charge in [0.25, 0.3) is 0 Å². The predicted octanol–water partition coefficient (Wildman–Crippen LogP) is 4.74. The average molecular weight is 297 g/mol. The number of benzene rings is 2. The van der Waals surface area contributed by atoms with Gasteiger partial charge in [0, 0.05) is 17.0 Å². The van der Waals surface area contributed by atoms with Crippen molar-refractivity contribution in [1.29, 1.82) is 0 Å². The van der Waals surface area contributed by atoms with Crippen LogP contribution in [0.25, 0.3) is 0 Å². The van der Waals surface area contributed by atoms with Crippen LogP contribution < -0.4 is 4.74 Å². The lowest BCUT2D eigenvalue weighted by Crippen LogP contribution is -1.97. The Labute approximate surface area is 120 Å². The van der Waals surface area contributed by atoms with Gasteiger partial charge in [-0.05, 0) is 35.4 Å². The fraction of sp³-hybridized carbons (Fsp3) is 0.200. The van der Waals surface area contributed by atoms with Gasteiger partial charge in [-0.25, -0.2) is 4.39 Å². The maximum Gasteiger partial charge on any atom is 0.128 e. The molecule has 0 amide bonds. The Balaban J connectivity index is 1.99. The van der Waals surface area contributed by atoms with Crippen LogP contribution in [0.3, 0.4) is 0 Å². The molecule has 1 atom stereocenters. The predicted molar refractivity (Wildman–Crippen MR) is 74.7 cm³/mol. The number of rotatable bonds is 2. The van der Waals surface area contributed by atoms with Crippen LogP contribution in [-0.4, -0.2) is 6.61 Å². The van der Waals surface area contributed by atoms with Crippen molar-refractivity contribution < 1.29 is 9.13 Å². The van der Waals surface area contributed by atoms with E-state index < -0.39 is 5.38 Å². The molecule has 0 bridgehead atoms. The average Bonchev–Trinajstić information content (AvgIpc) is 2.88. The third kappa shape index (κ3) is 2.43. The van der Waals surface area contributed by atoms with Gasteiger partial charge in [-0.2, -0.15) is 0 Å². The van der Waals surface area contributed by atoms with Gasteiger partial charge in [0.1, 0.15) is 11.6 Å². The second-order valence-corrected chi connectivity index (χ2v) is 5.37. The van der Waals surface area contributed by atoms with Crippen molar-refractivity contribution in [2.45, 2.75) is 11.8 Å². The van der Waals surface area contributed by atoms with Gasteiger partial charge in [0.05, 0.1) is 12.0 Å². The van der Waals surface area contributed by atoms with E-state index in [4.69, 9.17) is 27.9 Å². The standard InChI is InChI=1S/C15H11Cl2FO/c16-11-2-3-13(18)12(8-11)15(17)10-1-4-14-9(7-10)5-6-19-14/h1-4,7-8,15H,5-6H2. The van der Waals surface area contributed by atoms with Gasteiger partial charge >= 0.3 is 0 Å². The number of alkyl halides is 1. The summed E-state index contributed by atoms with van der Waals surface area (Å²) in [5.74, 6) is 0.542. The summed E-state index contributed by atoms with van der Waals surface area (Å²) in [6, 6.07) is 10.1. The minimum absolute atomic E-state index is 0.346. The van der Waals surface area contributed by atoms with Gasteiger partial charge in [-0.15, -0.1) is 11.6 Å². The quantitative estimate of drug-likeness (QED) is 0.727. The Bertz CT molecular complexity index is 628. The lowest BCUT2D eigenvalue weighted by molar-refractivity contribution is 0.357. The topological polar surface area (TPSA) is 9.23 Å². The van der Waals surface area contributed by atoms with Crippen LogP contribution in [0.2, 0.25) is 5.02 Å². The normalized spacial score (nSPS) is 14.9. The van der Waals surface area contributed by atoms with Crippen molar-refractivity contribution in [3.05, 3.63) is 63.9 Å². The van der Waals surface area contributed by atoms with E-state index in [1.807, 2.05) is 18.2 Å². The molecule has 1 unspecified atom stereocenters. The van der Waals surface area contributed by atoms with Crippen molar-refractivity contribution in [1.82, 2.24) is 0 Å². The Morgan fingerprint density at radius 3 is 2.84 bits per heavy atom. The van der Waals surface area contributed by atoms with Gasteiger partial charge in [-0.3, -0.25) is 0 Å². The van der Waals surface area contributed by atoms with Crippen molar-refractivity contribution in [3.63, 3.8) is 0 Å². The lowest BCUT2D eigenvalue weighted by atomic mass is 10.0. The van der Waals surface area contributed by atoms with E-state index in [1.165, 1.54) is 12.1 Å². The van der Waals surface area contributed by atoms with Gasteiger partial charge in [0.15, 0.2) is 0 Å². The van der Waals surface area contributed by atoms with E-state index in [2.05, 4.69) is 0 Å². The minimum atomic E-state index is -0.551. The maximum absolute atomic E-state index is 13.8. The highest BCUT2D eigenvalue weighted by Crippen LogP contribution is 2.35. The molecule has 0 spiro atoms. The third-order valence-electron chi connectivity index (χ3n) is 3.24. The highest BCUT2D eigenvalue weighted by Gasteiger charge is 2.19. The first-order valence-corrected chi connectivity index (χ1v) is 6.81.